The number of rotatable bonds is 6. The van der Waals surface area contributed by atoms with Gasteiger partial charge < -0.3 is 14.7 Å². The number of para-hydroxylation sites is 6. The summed E-state index contributed by atoms with van der Waals surface area (Å²) in [5.74, 6) is 0. The van der Waals surface area contributed by atoms with Crippen molar-refractivity contribution in [3.63, 3.8) is 0 Å². The summed E-state index contributed by atoms with van der Waals surface area (Å²) < 4.78 is 0. The summed E-state index contributed by atoms with van der Waals surface area (Å²) in [6, 6.07) is 89.9. The molecule has 0 bridgehead atoms. The molecule has 0 saturated carbocycles. The molecule has 7 heteroatoms. The summed E-state index contributed by atoms with van der Waals surface area (Å²) in [4.78, 5) is 15.1. The maximum Gasteiger partial charge on any atom is 0.244 e. The van der Waals surface area contributed by atoms with Gasteiger partial charge in [-0.25, -0.2) is 0 Å². The van der Waals surface area contributed by atoms with Crippen molar-refractivity contribution < 1.29 is 0 Å². The highest BCUT2D eigenvalue weighted by Crippen LogP contribution is 2.58. The lowest BCUT2D eigenvalue weighted by molar-refractivity contribution is 1.16. The molecule has 0 aromatic heterocycles. The zero-order valence-corrected chi connectivity index (χ0v) is 43.7. The van der Waals surface area contributed by atoms with Gasteiger partial charge in [-0.3, -0.25) is 0 Å². The molecule has 0 saturated heterocycles. The van der Waals surface area contributed by atoms with Crippen LogP contribution in [0.3, 0.4) is 0 Å². The van der Waals surface area contributed by atoms with Crippen LogP contribution in [0, 0.1) is 13.8 Å². The minimum atomic E-state index is -0.209. The molecule has 0 amide bonds. The topological polar surface area (TPSA) is 9.72 Å². The van der Waals surface area contributed by atoms with Gasteiger partial charge in [-0.2, -0.15) is 0 Å². The zero-order chi connectivity index (χ0) is 49.7. The molecular formula is C68H46BN3S3. The van der Waals surface area contributed by atoms with E-state index in [1.54, 1.807) is 0 Å². The van der Waals surface area contributed by atoms with Crippen LogP contribution in [-0.4, -0.2) is 6.71 Å². The molecular weight excluding hydrogens is 966 g/mol. The van der Waals surface area contributed by atoms with Gasteiger partial charge in [0.05, 0.1) is 34.1 Å². The molecule has 3 nitrogen and oxygen atoms in total. The van der Waals surface area contributed by atoms with E-state index >= 15 is 0 Å². The molecule has 0 aliphatic carbocycles. The largest absolute Gasteiger partial charge is 0.308 e. The van der Waals surface area contributed by atoms with Gasteiger partial charge in [0.15, 0.2) is 0 Å². The van der Waals surface area contributed by atoms with Crippen molar-refractivity contribution in [3.8, 4) is 0 Å². The van der Waals surface area contributed by atoms with Crippen molar-refractivity contribution >= 4 is 142 Å². The number of fused-ring (bicyclic) bond motifs is 12. The molecule has 15 rings (SSSR count). The van der Waals surface area contributed by atoms with E-state index in [2.05, 4.69) is 271 Å². The zero-order valence-electron chi connectivity index (χ0n) is 41.2. The molecule has 3 aliphatic rings. The van der Waals surface area contributed by atoms with Crippen LogP contribution in [0.5, 0.6) is 0 Å². The number of hydrogen-bond donors (Lipinski definition) is 0. The second-order valence-corrected chi connectivity index (χ2v) is 22.7. The van der Waals surface area contributed by atoms with Crippen LogP contribution in [-0.2, 0) is 0 Å². The van der Waals surface area contributed by atoms with Gasteiger partial charge in [0.25, 0.3) is 0 Å². The Morgan fingerprint density at radius 1 is 0.293 bits per heavy atom. The molecule has 0 fully saturated rings. The second-order valence-electron chi connectivity index (χ2n) is 19.5. The predicted octanol–water partition coefficient (Wildman–Crippen LogP) is 18.1. The minimum absolute atomic E-state index is 0.209. The third kappa shape index (κ3) is 6.88. The molecule has 0 unspecified atom stereocenters. The Balaban J connectivity index is 1.09. The Labute approximate surface area is 450 Å². The van der Waals surface area contributed by atoms with Crippen LogP contribution in [0.2, 0.25) is 0 Å². The third-order valence-corrected chi connectivity index (χ3v) is 19.1. The standard InChI is InChI=1S/C68H46BN3S3/c1-43-62(49-31-13-16-34-52(49)65-67(43)74-59-40-22-19-37-56(59)71(65)46-26-8-4-9-27-46)69(54-42-61-64(51-33-15-12-30-48(51)54)70(45-24-6-3-7-25-45)55-36-18-21-39-58(55)73-61)63-44(2)68-66(53-35-17-14-32-50(53)63)72(47-28-10-5-11-29-47)57-38-20-23-41-60(57)75-68/h3-42H,1-2H3. The smallest absolute Gasteiger partial charge is 0.244 e. The molecule has 12 aromatic carbocycles. The van der Waals surface area contributed by atoms with Gasteiger partial charge in [0.1, 0.15) is 0 Å². The Kier molecular flexibility index (Phi) is 10.6. The van der Waals surface area contributed by atoms with Gasteiger partial charge in [-0.15, -0.1) is 0 Å². The number of benzene rings is 12. The number of hydrogen-bond acceptors (Lipinski definition) is 6. The summed E-state index contributed by atoms with van der Waals surface area (Å²) >= 11 is 5.73. The molecule has 75 heavy (non-hydrogen) atoms. The van der Waals surface area contributed by atoms with Gasteiger partial charge in [-0.05, 0) is 114 Å². The van der Waals surface area contributed by atoms with Crippen LogP contribution in [0.15, 0.2) is 272 Å². The van der Waals surface area contributed by atoms with Gasteiger partial charge >= 0.3 is 0 Å². The highest BCUT2D eigenvalue weighted by atomic mass is 32.2. The van der Waals surface area contributed by atoms with E-state index in [0.717, 1.165) is 17.1 Å². The Hall–Kier alpha value is -8.07. The first-order chi connectivity index (χ1) is 37.1. The van der Waals surface area contributed by atoms with E-state index in [1.807, 2.05) is 35.3 Å². The van der Waals surface area contributed by atoms with Gasteiger partial charge in [-0.1, -0.05) is 222 Å². The summed E-state index contributed by atoms with van der Waals surface area (Å²) in [6.07, 6.45) is 0. The van der Waals surface area contributed by atoms with Crippen molar-refractivity contribution in [2.24, 2.45) is 0 Å². The van der Waals surface area contributed by atoms with Crippen molar-refractivity contribution in [1.82, 2.24) is 0 Å². The average molecular weight is 1010 g/mol. The van der Waals surface area contributed by atoms with Crippen LogP contribution in [0.4, 0.5) is 51.2 Å². The molecule has 0 N–H and O–H groups in total. The van der Waals surface area contributed by atoms with Crippen molar-refractivity contribution in [1.29, 1.82) is 0 Å². The molecule has 12 aromatic rings. The fraction of sp³-hybridized carbons (Fsp3) is 0.0294. The lowest BCUT2D eigenvalue weighted by atomic mass is 9.34. The summed E-state index contributed by atoms with van der Waals surface area (Å²) in [5.41, 5.74) is 17.3. The fourth-order valence-electron chi connectivity index (χ4n) is 12.3. The molecule has 0 radical (unpaired) electrons. The van der Waals surface area contributed by atoms with E-state index in [4.69, 9.17) is 0 Å². The monoisotopic (exact) mass is 1010 g/mol. The Bertz CT molecular complexity index is 4090. The second kappa shape index (κ2) is 17.8. The lowest BCUT2D eigenvalue weighted by Gasteiger charge is -2.38. The quantitative estimate of drug-likeness (QED) is 0.153. The fourth-order valence-corrected chi connectivity index (χ4v) is 15.8. The highest BCUT2D eigenvalue weighted by Gasteiger charge is 2.40. The first-order valence-electron chi connectivity index (χ1n) is 25.6. The molecule has 3 heterocycles. The lowest BCUT2D eigenvalue weighted by Crippen LogP contribution is -2.55. The van der Waals surface area contributed by atoms with Crippen LogP contribution in [0.1, 0.15) is 11.1 Å². The normalized spacial score (nSPS) is 13.2. The van der Waals surface area contributed by atoms with Crippen LogP contribution < -0.4 is 31.1 Å². The molecule has 0 atom stereocenters. The van der Waals surface area contributed by atoms with Gasteiger partial charge in [0.2, 0.25) is 6.71 Å². The summed E-state index contributed by atoms with van der Waals surface area (Å²) in [7, 11) is 0. The maximum atomic E-state index is 2.58. The number of nitrogens with zero attached hydrogens (tertiary/aromatic N) is 3. The average Bonchev–Trinajstić information content (AvgIpc) is 3.54. The highest BCUT2D eigenvalue weighted by molar-refractivity contribution is 8.00. The van der Waals surface area contributed by atoms with E-state index in [9.17, 15) is 0 Å². The Morgan fingerprint density at radius 2 is 0.613 bits per heavy atom. The number of anilines is 9. The molecule has 3 aliphatic heterocycles. The SMILES string of the molecule is Cc1c2c(c3ccccc3c1B(c1cc3c(c4ccccc14)N(c1ccccc1)c1ccccc1S3)c1c(C)c3c(c4ccccc14)N(c1ccccc1)c1ccccc1S3)N(c1ccccc1)c1ccccc1S2. The predicted molar refractivity (Wildman–Crippen MR) is 322 cm³/mol. The molecule has 354 valence electrons. The van der Waals surface area contributed by atoms with Crippen LogP contribution >= 0.6 is 35.3 Å². The summed E-state index contributed by atoms with van der Waals surface area (Å²) in [5, 5.41) is 7.48. The van der Waals surface area contributed by atoms with Crippen LogP contribution in [0.25, 0.3) is 32.3 Å². The van der Waals surface area contributed by atoms with E-state index in [1.165, 1.54) is 123 Å². The molecule has 0 spiro atoms. The minimum Gasteiger partial charge on any atom is -0.308 e. The third-order valence-electron chi connectivity index (χ3n) is 15.4. The van der Waals surface area contributed by atoms with E-state index in [0.29, 0.717) is 0 Å². The van der Waals surface area contributed by atoms with Crippen molar-refractivity contribution in [2.45, 2.75) is 43.2 Å². The Morgan fingerprint density at radius 3 is 1.04 bits per heavy atom. The summed E-state index contributed by atoms with van der Waals surface area (Å²) in [6.45, 7) is 4.62. The van der Waals surface area contributed by atoms with E-state index < -0.39 is 0 Å². The van der Waals surface area contributed by atoms with E-state index in [-0.39, 0.29) is 6.71 Å². The first-order valence-corrected chi connectivity index (χ1v) is 28.1. The first kappa shape index (κ1) is 44.4. The van der Waals surface area contributed by atoms with Crippen molar-refractivity contribution in [3.05, 3.63) is 254 Å². The van der Waals surface area contributed by atoms with Crippen molar-refractivity contribution in [2.75, 3.05) is 14.7 Å². The maximum absolute atomic E-state index is 2.58. The van der Waals surface area contributed by atoms with Gasteiger partial charge in [0, 0.05) is 62.6 Å².